The predicted molar refractivity (Wildman–Crippen MR) is 110 cm³/mol. The Labute approximate surface area is 162 Å². The van der Waals surface area contributed by atoms with Crippen LogP contribution in [-0.2, 0) is 0 Å². The third kappa shape index (κ3) is 2.28. The lowest BCUT2D eigenvalue weighted by Crippen LogP contribution is -2.48. The first-order chi connectivity index (χ1) is 13.4. The SMILES string of the molecule is Cc1cc2c(cc1C)C(=O)[C@]1(O)CCN(c3ccc4nc(N)ccc4c3)C1=N2. The first-order valence-electron chi connectivity index (χ1n) is 9.28. The minimum Gasteiger partial charge on any atom is -0.384 e. The van der Waals surface area contributed by atoms with Gasteiger partial charge in [0.2, 0.25) is 5.78 Å². The van der Waals surface area contributed by atoms with Gasteiger partial charge in [0.15, 0.2) is 5.60 Å². The number of carbonyl (C=O) groups is 1. The van der Waals surface area contributed by atoms with Crippen LogP contribution in [0.4, 0.5) is 17.2 Å². The van der Waals surface area contributed by atoms with E-state index in [4.69, 9.17) is 10.7 Å². The fourth-order valence-corrected chi connectivity index (χ4v) is 4.04. The van der Waals surface area contributed by atoms with Gasteiger partial charge in [0.1, 0.15) is 11.7 Å². The summed E-state index contributed by atoms with van der Waals surface area (Å²) in [6.07, 6.45) is 0.315. The van der Waals surface area contributed by atoms with Crippen molar-refractivity contribution in [2.45, 2.75) is 25.9 Å². The number of aliphatic hydroxyl groups is 1. The van der Waals surface area contributed by atoms with Crippen molar-refractivity contribution >= 4 is 39.7 Å². The maximum absolute atomic E-state index is 13.1. The van der Waals surface area contributed by atoms with Crippen molar-refractivity contribution in [2.24, 2.45) is 4.99 Å². The number of anilines is 2. The third-order valence-electron chi connectivity index (χ3n) is 5.79. The molecule has 3 aromatic rings. The highest BCUT2D eigenvalue weighted by Gasteiger charge is 2.52. The minimum atomic E-state index is -1.58. The lowest BCUT2D eigenvalue weighted by molar-refractivity contribution is 0.0602. The van der Waals surface area contributed by atoms with E-state index in [9.17, 15) is 9.90 Å². The predicted octanol–water partition coefficient (Wildman–Crippen LogP) is 3.30. The van der Waals surface area contributed by atoms with Crippen LogP contribution in [0.15, 0.2) is 47.5 Å². The van der Waals surface area contributed by atoms with Crippen LogP contribution in [0.2, 0.25) is 0 Å². The monoisotopic (exact) mass is 372 g/mol. The molecule has 28 heavy (non-hydrogen) atoms. The van der Waals surface area contributed by atoms with Gasteiger partial charge in [-0.05, 0) is 67.4 Å². The van der Waals surface area contributed by atoms with E-state index in [-0.39, 0.29) is 5.78 Å². The van der Waals surface area contributed by atoms with Crippen LogP contribution in [0.25, 0.3) is 10.9 Å². The zero-order valence-electron chi connectivity index (χ0n) is 15.7. The minimum absolute atomic E-state index is 0.270. The number of benzene rings is 2. The molecule has 2 aliphatic heterocycles. The van der Waals surface area contributed by atoms with Crippen LogP contribution in [-0.4, -0.2) is 33.9 Å². The fraction of sp³-hybridized carbons (Fsp3) is 0.227. The summed E-state index contributed by atoms with van der Waals surface area (Å²) in [6.45, 7) is 4.47. The van der Waals surface area contributed by atoms with Crippen LogP contribution in [0.3, 0.4) is 0 Å². The van der Waals surface area contributed by atoms with Crippen molar-refractivity contribution in [3.63, 3.8) is 0 Å². The lowest BCUT2D eigenvalue weighted by Gasteiger charge is -2.30. The molecule has 0 spiro atoms. The van der Waals surface area contributed by atoms with Gasteiger partial charge in [0.25, 0.3) is 0 Å². The average molecular weight is 372 g/mol. The van der Waals surface area contributed by atoms with E-state index in [2.05, 4.69) is 4.98 Å². The molecular weight excluding hydrogens is 352 g/mol. The molecule has 6 nitrogen and oxygen atoms in total. The first kappa shape index (κ1) is 16.9. The highest BCUT2D eigenvalue weighted by Crippen LogP contribution is 2.40. The normalized spacial score (nSPS) is 20.9. The van der Waals surface area contributed by atoms with Crippen molar-refractivity contribution in [3.05, 3.63) is 59.2 Å². The first-order valence-corrected chi connectivity index (χ1v) is 9.28. The molecule has 1 atom stereocenters. The van der Waals surface area contributed by atoms with E-state index in [1.165, 1.54) is 0 Å². The summed E-state index contributed by atoms with van der Waals surface area (Å²) in [5.41, 5.74) is 9.06. The zero-order valence-corrected chi connectivity index (χ0v) is 15.7. The van der Waals surface area contributed by atoms with Gasteiger partial charge >= 0.3 is 0 Å². The molecule has 0 amide bonds. The standard InChI is InChI=1S/C22H20N4O2/c1-12-9-16-18(10-13(12)2)25-21-22(28,20(16)27)7-8-26(21)15-4-5-17-14(11-15)3-6-19(23)24-17/h3-6,9-11,28H,7-8H2,1-2H3,(H2,23,24)/t22-/m1/s1. The third-order valence-corrected chi connectivity index (χ3v) is 5.79. The average Bonchev–Trinajstić information content (AvgIpc) is 3.01. The molecule has 2 aromatic carbocycles. The van der Waals surface area contributed by atoms with E-state index in [0.29, 0.717) is 35.9 Å². The van der Waals surface area contributed by atoms with E-state index < -0.39 is 5.60 Å². The number of pyridine rings is 1. The second-order valence-electron chi connectivity index (χ2n) is 7.59. The Balaban J connectivity index is 1.65. The molecule has 0 aliphatic carbocycles. The molecule has 140 valence electrons. The van der Waals surface area contributed by atoms with Crippen LogP contribution < -0.4 is 10.6 Å². The Kier molecular flexibility index (Phi) is 3.39. The Bertz CT molecular complexity index is 1200. The van der Waals surface area contributed by atoms with Gasteiger partial charge in [0, 0.05) is 29.6 Å². The molecule has 0 radical (unpaired) electrons. The van der Waals surface area contributed by atoms with Crippen LogP contribution >= 0.6 is 0 Å². The number of nitrogens with zero attached hydrogens (tertiary/aromatic N) is 3. The summed E-state index contributed by atoms with van der Waals surface area (Å²) in [7, 11) is 0. The summed E-state index contributed by atoms with van der Waals surface area (Å²) in [5, 5.41) is 12.2. The number of nitrogens with two attached hydrogens (primary N) is 1. The van der Waals surface area contributed by atoms with Gasteiger partial charge < -0.3 is 15.7 Å². The molecule has 2 aliphatic rings. The van der Waals surface area contributed by atoms with E-state index in [1.54, 1.807) is 6.07 Å². The fourth-order valence-electron chi connectivity index (χ4n) is 4.04. The molecule has 3 heterocycles. The van der Waals surface area contributed by atoms with Crippen molar-refractivity contribution < 1.29 is 9.90 Å². The van der Waals surface area contributed by atoms with Gasteiger partial charge in [-0.2, -0.15) is 0 Å². The molecule has 6 heteroatoms. The molecule has 1 saturated heterocycles. The van der Waals surface area contributed by atoms with Crippen molar-refractivity contribution in [1.82, 2.24) is 4.98 Å². The Morgan fingerprint density at radius 3 is 2.71 bits per heavy atom. The number of aryl methyl sites for hydroxylation is 2. The number of carbonyl (C=O) groups excluding carboxylic acids is 1. The molecule has 0 saturated carbocycles. The maximum atomic E-state index is 13.1. The second kappa shape index (κ2) is 5.62. The number of rotatable bonds is 1. The molecule has 1 aromatic heterocycles. The van der Waals surface area contributed by atoms with E-state index in [1.807, 2.05) is 55.1 Å². The number of nitrogen functional groups attached to an aromatic ring is 1. The number of aliphatic imine (C=N–C) groups is 1. The highest BCUT2D eigenvalue weighted by molar-refractivity contribution is 6.28. The Morgan fingerprint density at radius 1 is 1.11 bits per heavy atom. The summed E-state index contributed by atoms with van der Waals surface area (Å²) in [4.78, 5) is 24.1. The molecule has 5 rings (SSSR count). The van der Waals surface area contributed by atoms with Gasteiger partial charge in [0.05, 0.1) is 11.2 Å². The largest absolute Gasteiger partial charge is 0.384 e. The van der Waals surface area contributed by atoms with Crippen molar-refractivity contribution in [1.29, 1.82) is 0 Å². The molecule has 0 bridgehead atoms. The molecule has 0 unspecified atom stereocenters. The molecular formula is C22H20N4O2. The Morgan fingerprint density at radius 2 is 1.89 bits per heavy atom. The zero-order chi connectivity index (χ0) is 19.6. The van der Waals surface area contributed by atoms with Gasteiger partial charge in [-0.15, -0.1) is 0 Å². The highest BCUT2D eigenvalue weighted by atomic mass is 16.3. The summed E-state index contributed by atoms with van der Waals surface area (Å²) < 4.78 is 0. The number of amidine groups is 1. The number of hydrogen-bond acceptors (Lipinski definition) is 6. The topological polar surface area (TPSA) is 91.8 Å². The smallest absolute Gasteiger partial charge is 0.204 e. The van der Waals surface area contributed by atoms with Gasteiger partial charge in [-0.3, -0.25) is 4.79 Å². The quantitative estimate of drug-likeness (QED) is 0.684. The number of ketones is 1. The Hall–Kier alpha value is -3.25. The molecule has 3 N–H and O–H groups in total. The number of fused-ring (bicyclic) bond motifs is 3. The maximum Gasteiger partial charge on any atom is 0.204 e. The van der Waals surface area contributed by atoms with Gasteiger partial charge in [-0.1, -0.05) is 0 Å². The second-order valence-corrected chi connectivity index (χ2v) is 7.59. The van der Waals surface area contributed by atoms with Crippen molar-refractivity contribution in [3.8, 4) is 0 Å². The molecule has 1 fully saturated rings. The number of aromatic nitrogens is 1. The van der Waals surface area contributed by atoms with Crippen LogP contribution in [0.5, 0.6) is 0 Å². The summed E-state index contributed by atoms with van der Waals surface area (Å²) >= 11 is 0. The van der Waals surface area contributed by atoms with Crippen LogP contribution in [0.1, 0.15) is 27.9 Å². The lowest BCUT2D eigenvalue weighted by atomic mass is 9.86. The van der Waals surface area contributed by atoms with Crippen LogP contribution in [0, 0.1) is 13.8 Å². The summed E-state index contributed by atoms with van der Waals surface area (Å²) in [5.74, 6) is 0.602. The summed E-state index contributed by atoms with van der Waals surface area (Å²) in [6, 6.07) is 13.2. The van der Waals surface area contributed by atoms with E-state index >= 15 is 0 Å². The number of hydrogen-bond donors (Lipinski definition) is 2. The van der Waals surface area contributed by atoms with Gasteiger partial charge in [-0.25, -0.2) is 9.98 Å². The van der Waals surface area contributed by atoms with E-state index in [0.717, 1.165) is 27.7 Å². The number of Topliss-reactive ketones (excluding diaryl/α,β-unsaturated/α-hetero) is 1. The van der Waals surface area contributed by atoms with Crippen molar-refractivity contribution in [2.75, 3.05) is 17.2 Å².